The zero-order valence-electron chi connectivity index (χ0n) is 15.2. The van der Waals surface area contributed by atoms with E-state index in [4.69, 9.17) is 14.2 Å². The first kappa shape index (κ1) is 19.7. The molecule has 0 aliphatic carbocycles. The van der Waals surface area contributed by atoms with Crippen LogP contribution in [0, 0.1) is 0 Å². The number of nitrogens with zero attached hydrogens (tertiary/aromatic N) is 1. The van der Waals surface area contributed by atoms with Crippen molar-refractivity contribution in [1.29, 1.82) is 0 Å². The van der Waals surface area contributed by atoms with Crippen LogP contribution in [0.4, 0.5) is 0 Å². The first-order chi connectivity index (χ1) is 12.1. The molecule has 1 saturated heterocycles. The van der Waals surface area contributed by atoms with E-state index in [1.807, 2.05) is 6.92 Å². The third-order valence-electron chi connectivity index (χ3n) is 4.19. The fourth-order valence-electron chi connectivity index (χ4n) is 2.91. The van der Waals surface area contributed by atoms with Gasteiger partial charge in [0, 0.05) is 18.7 Å². The van der Waals surface area contributed by atoms with Crippen LogP contribution in [0.1, 0.15) is 42.1 Å². The number of carbonyl (C=O) groups is 1. The summed E-state index contributed by atoms with van der Waals surface area (Å²) in [5.41, 5.74) is 1.24. The SMILES string of the molecule is CCCOCc1cc(C(=O)OC)ccc1OCC(O)CN1CCCC1. The van der Waals surface area contributed by atoms with Crippen LogP contribution in [0.5, 0.6) is 5.75 Å². The number of ether oxygens (including phenoxy) is 3. The van der Waals surface area contributed by atoms with E-state index in [1.54, 1.807) is 18.2 Å². The molecule has 0 radical (unpaired) electrons. The zero-order chi connectivity index (χ0) is 18.1. The second-order valence-corrected chi connectivity index (χ2v) is 6.34. The van der Waals surface area contributed by atoms with Crippen LogP contribution in [-0.2, 0) is 16.1 Å². The Kier molecular flexibility index (Phi) is 8.18. The number of hydrogen-bond acceptors (Lipinski definition) is 6. The highest BCUT2D eigenvalue weighted by molar-refractivity contribution is 5.89. The van der Waals surface area contributed by atoms with Gasteiger partial charge in [0.25, 0.3) is 0 Å². The summed E-state index contributed by atoms with van der Waals surface area (Å²) in [6.45, 7) is 5.96. The van der Waals surface area contributed by atoms with Crippen molar-refractivity contribution >= 4 is 5.97 Å². The minimum absolute atomic E-state index is 0.217. The molecule has 1 aliphatic heterocycles. The van der Waals surface area contributed by atoms with Gasteiger partial charge in [-0.2, -0.15) is 0 Å². The van der Waals surface area contributed by atoms with Gasteiger partial charge in [0.15, 0.2) is 0 Å². The highest BCUT2D eigenvalue weighted by Crippen LogP contribution is 2.22. The number of benzene rings is 1. The number of β-amino-alcohol motifs (C(OH)–C–C–N with tert-alkyl or cyclic N) is 1. The average molecular weight is 351 g/mol. The Morgan fingerprint density at radius 2 is 2.08 bits per heavy atom. The molecule has 140 valence electrons. The first-order valence-corrected chi connectivity index (χ1v) is 8.96. The van der Waals surface area contributed by atoms with Crippen molar-refractivity contribution in [2.75, 3.05) is 40.0 Å². The number of esters is 1. The standard InChI is InChI=1S/C19H29NO5/c1-3-10-24-13-16-11-15(19(22)23-2)6-7-18(16)25-14-17(21)12-20-8-4-5-9-20/h6-7,11,17,21H,3-5,8-10,12-14H2,1-2H3. The molecular weight excluding hydrogens is 322 g/mol. The van der Waals surface area contributed by atoms with Gasteiger partial charge in [-0.1, -0.05) is 6.92 Å². The molecule has 0 amide bonds. The molecule has 6 nitrogen and oxygen atoms in total. The maximum Gasteiger partial charge on any atom is 0.337 e. The Balaban J connectivity index is 1.97. The van der Waals surface area contributed by atoms with E-state index in [-0.39, 0.29) is 6.61 Å². The Morgan fingerprint density at radius 3 is 2.76 bits per heavy atom. The summed E-state index contributed by atoms with van der Waals surface area (Å²) in [5, 5.41) is 10.2. The van der Waals surface area contributed by atoms with Crippen LogP contribution in [0.25, 0.3) is 0 Å². The molecule has 1 aromatic rings. The predicted octanol–water partition coefficient (Wildman–Crippen LogP) is 2.24. The summed E-state index contributed by atoms with van der Waals surface area (Å²) in [7, 11) is 1.36. The van der Waals surface area contributed by atoms with E-state index in [2.05, 4.69) is 4.90 Å². The molecule has 1 heterocycles. The average Bonchev–Trinajstić information content (AvgIpc) is 3.13. The van der Waals surface area contributed by atoms with E-state index in [0.29, 0.717) is 31.1 Å². The summed E-state index contributed by atoms with van der Waals surface area (Å²) < 4.78 is 16.2. The maximum absolute atomic E-state index is 11.7. The van der Waals surface area contributed by atoms with Gasteiger partial charge in [0.05, 0.1) is 19.3 Å². The van der Waals surface area contributed by atoms with E-state index in [1.165, 1.54) is 20.0 Å². The van der Waals surface area contributed by atoms with Gasteiger partial charge in [-0.3, -0.25) is 0 Å². The van der Waals surface area contributed by atoms with E-state index < -0.39 is 12.1 Å². The lowest BCUT2D eigenvalue weighted by Crippen LogP contribution is -2.33. The highest BCUT2D eigenvalue weighted by Gasteiger charge is 2.17. The fourth-order valence-corrected chi connectivity index (χ4v) is 2.91. The van der Waals surface area contributed by atoms with Gasteiger partial charge < -0.3 is 24.2 Å². The van der Waals surface area contributed by atoms with Gasteiger partial charge >= 0.3 is 5.97 Å². The minimum Gasteiger partial charge on any atom is -0.490 e. The van der Waals surface area contributed by atoms with Gasteiger partial charge in [0.2, 0.25) is 0 Å². The topological polar surface area (TPSA) is 68.2 Å². The molecule has 1 unspecified atom stereocenters. The van der Waals surface area contributed by atoms with Crippen LogP contribution >= 0.6 is 0 Å². The number of rotatable bonds is 10. The molecule has 1 fully saturated rings. The molecule has 2 rings (SSSR count). The summed E-state index contributed by atoms with van der Waals surface area (Å²) in [4.78, 5) is 14.0. The summed E-state index contributed by atoms with van der Waals surface area (Å²) in [6.07, 6.45) is 2.77. The molecule has 1 N–H and O–H groups in total. The summed E-state index contributed by atoms with van der Waals surface area (Å²) >= 11 is 0. The fraction of sp³-hybridized carbons (Fsp3) is 0.632. The lowest BCUT2D eigenvalue weighted by atomic mass is 10.1. The zero-order valence-corrected chi connectivity index (χ0v) is 15.2. The third kappa shape index (κ3) is 6.30. The molecule has 6 heteroatoms. The molecule has 1 atom stereocenters. The van der Waals surface area contributed by atoms with Crippen LogP contribution in [0.15, 0.2) is 18.2 Å². The van der Waals surface area contributed by atoms with Crippen molar-refractivity contribution < 1.29 is 24.1 Å². The van der Waals surface area contributed by atoms with Crippen molar-refractivity contribution in [3.8, 4) is 5.75 Å². The number of likely N-dealkylation sites (tertiary alicyclic amines) is 1. The minimum atomic E-state index is -0.539. The number of carbonyl (C=O) groups excluding carboxylic acids is 1. The van der Waals surface area contributed by atoms with Crippen molar-refractivity contribution in [2.45, 2.75) is 38.9 Å². The Morgan fingerprint density at radius 1 is 1.32 bits per heavy atom. The van der Waals surface area contributed by atoms with Gasteiger partial charge in [0.1, 0.15) is 18.5 Å². The van der Waals surface area contributed by atoms with Crippen molar-refractivity contribution in [3.05, 3.63) is 29.3 Å². The van der Waals surface area contributed by atoms with Crippen molar-refractivity contribution in [3.63, 3.8) is 0 Å². The lowest BCUT2D eigenvalue weighted by Gasteiger charge is -2.20. The van der Waals surface area contributed by atoms with Gasteiger partial charge in [-0.05, 0) is 50.6 Å². The summed E-state index contributed by atoms with van der Waals surface area (Å²) in [5.74, 6) is 0.238. The molecule has 1 aliphatic rings. The molecule has 1 aromatic carbocycles. The molecular formula is C19H29NO5. The first-order valence-electron chi connectivity index (χ1n) is 8.96. The van der Waals surface area contributed by atoms with Crippen LogP contribution < -0.4 is 4.74 Å². The summed E-state index contributed by atoms with van der Waals surface area (Å²) in [6, 6.07) is 5.13. The molecule has 0 saturated carbocycles. The Hall–Kier alpha value is -1.63. The van der Waals surface area contributed by atoms with E-state index >= 15 is 0 Å². The Labute approximate surface area is 149 Å². The van der Waals surface area contributed by atoms with Crippen LogP contribution in [-0.4, -0.2) is 62.0 Å². The molecule has 0 aromatic heterocycles. The number of methoxy groups -OCH3 is 1. The largest absolute Gasteiger partial charge is 0.490 e. The number of aliphatic hydroxyl groups excluding tert-OH is 1. The highest BCUT2D eigenvalue weighted by atomic mass is 16.5. The monoisotopic (exact) mass is 351 g/mol. The third-order valence-corrected chi connectivity index (χ3v) is 4.19. The number of aliphatic hydroxyl groups is 1. The quantitative estimate of drug-likeness (QED) is 0.515. The second kappa shape index (κ2) is 10.4. The normalized spacial score (nSPS) is 16.0. The van der Waals surface area contributed by atoms with Gasteiger partial charge in [-0.25, -0.2) is 4.79 Å². The van der Waals surface area contributed by atoms with Crippen molar-refractivity contribution in [1.82, 2.24) is 4.90 Å². The van der Waals surface area contributed by atoms with Gasteiger partial charge in [-0.15, -0.1) is 0 Å². The lowest BCUT2D eigenvalue weighted by molar-refractivity contribution is 0.0598. The molecule has 25 heavy (non-hydrogen) atoms. The molecule has 0 spiro atoms. The van der Waals surface area contributed by atoms with E-state index in [0.717, 1.165) is 25.1 Å². The van der Waals surface area contributed by atoms with Crippen molar-refractivity contribution in [2.24, 2.45) is 0 Å². The van der Waals surface area contributed by atoms with E-state index in [9.17, 15) is 9.90 Å². The second-order valence-electron chi connectivity index (χ2n) is 6.34. The Bertz CT molecular complexity index is 543. The maximum atomic E-state index is 11.7. The van der Waals surface area contributed by atoms with Crippen LogP contribution in [0.2, 0.25) is 0 Å². The smallest absolute Gasteiger partial charge is 0.337 e. The number of hydrogen-bond donors (Lipinski definition) is 1. The predicted molar refractivity (Wildman–Crippen MR) is 94.9 cm³/mol. The van der Waals surface area contributed by atoms with Crippen LogP contribution in [0.3, 0.4) is 0 Å². The molecule has 0 bridgehead atoms.